The third-order valence-electron chi connectivity index (χ3n) is 3.41. The first-order valence-corrected chi connectivity index (χ1v) is 6.65. The number of carboxylic acid groups (broad SMARTS) is 2. The van der Waals surface area contributed by atoms with Crippen molar-refractivity contribution in [3.63, 3.8) is 0 Å². The van der Waals surface area contributed by atoms with Crippen molar-refractivity contribution in [1.29, 1.82) is 0 Å². The minimum atomic E-state index is -1.12. The predicted molar refractivity (Wildman–Crippen MR) is 79.9 cm³/mol. The van der Waals surface area contributed by atoms with E-state index in [1.807, 2.05) is 19.1 Å². The first kappa shape index (κ1) is 14.8. The minimum absolute atomic E-state index is 0.0216. The highest BCUT2D eigenvalue weighted by Gasteiger charge is 2.22. The quantitative estimate of drug-likeness (QED) is 0.899. The molecule has 108 valence electrons. The molecule has 0 bridgehead atoms. The fraction of sp³-hybridized carbons (Fsp3) is 0.176. The van der Waals surface area contributed by atoms with Gasteiger partial charge in [-0.15, -0.1) is 0 Å². The van der Waals surface area contributed by atoms with E-state index in [-0.39, 0.29) is 16.7 Å². The maximum atomic E-state index is 11.5. The van der Waals surface area contributed by atoms with Crippen LogP contribution >= 0.6 is 0 Å². The van der Waals surface area contributed by atoms with Gasteiger partial charge in [0.2, 0.25) is 0 Å². The number of hydrogen-bond acceptors (Lipinski definition) is 2. The van der Waals surface area contributed by atoms with Crippen molar-refractivity contribution in [2.45, 2.75) is 20.3 Å². The van der Waals surface area contributed by atoms with Gasteiger partial charge in [0.15, 0.2) is 0 Å². The maximum absolute atomic E-state index is 11.5. The molecule has 0 saturated carbocycles. The monoisotopic (exact) mass is 284 g/mol. The molecule has 2 aromatic carbocycles. The predicted octanol–water partition coefficient (Wildman–Crippen LogP) is 3.62. The Morgan fingerprint density at radius 2 is 1.52 bits per heavy atom. The van der Waals surface area contributed by atoms with Crippen LogP contribution in [0.4, 0.5) is 0 Å². The Morgan fingerprint density at radius 3 is 2.00 bits per heavy atom. The van der Waals surface area contributed by atoms with Crippen LogP contribution in [0.3, 0.4) is 0 Å². The van der Waals surface area contributed by atoms with Gasteiger partial charge in [0.05, 0.1) is 11.1 Å². The second-order valence-corrected chi connectivity index (χ2v) is 4.86. The van der Waals surface area contributed by atoms with Crippen LogP contribution < -0.4 is 0 Å². The zero-order valence-corrected chi connectivity index (χ0v) is 11.9. The van der Waals surface area contributed by atoms with Crippen LogP contribution in [0.1, 0.15) is 38.8 Å². The van der Waals surface area contributed by atoms with Crippen LogP contribution in [0.5, 0.6) is 0 Å². The number of benzene rings is 2. The van der Waals surface area contributed by atoms with Gasteiger partial charge in [0, 0.05) is 5.56 Å². The Hall–Kier alpha value is -2.62. The van der Waals surface area contributed by atoms with Gasteiger partial charge in [-0.1, -0.05) is 31.2 Å². The molecule has 21 heavy (non-hydrogen) atoms. The number of aryl methyl sites for hydroxylation is 2. The van der Waals surface area contributed by atoms with Crippen molar-refractivity contribution in [1.82, 2.24) is 0 Å². The van der Waals surface area contributed by atoms with Crippen molar-refractivity contribution in [2.75, 3.05) is 0 Å². The average Bonchev–Trinajstić information content (AvgIpc) is 2.46. The van der Waals surface area contributed by atoms with Crippen molar-refractivity contribution in [3.05, 3.63) is 58.7 Å². The van der Waals surface area contributed by atoms with Crippen LogP contribution in [0.15, 0.2) is 36.4 Å². The summed E-state index contributed by atoms with van der Waals surface area (Å²) in [5.74, 6) is -2.25. The van der Waals surface area contributed by atoms with E-state index >= 15 is 0 Å². The molecular weight excluding hydrogens is 268 g/mol. The van der Waals surface area contributed by atoms with Gasteiger partial charge in [0.1, 0.15) is 0 Å². The first-order valence-electron chi connectivity index (χ1n) is 6.65. The average molecular weight is 284 g/mol. The van der Waals surface area contributed by atoms with Crippen LogP contribution in [0, 0.1) is 6.92 Å². The summed E-state index contributed by atoms with van der Waals surface area (Å²) in [4.78, 5) is 23.1. The molecule has 0 heterocycles. The normalized spacial score (nSPS) is 10.4. The van der Waals surface area contributed by atoms with Crippen LogP contribution in [-0.2, 0) is 6.42 Å². The Labute approximate surface area is 122 Å². The summed E-state index contributed by atoms with van der Waals surface area (Å²) < 4.78 is 0. The first-order chi connectivity index (χ1) is 9.95. The number of rotatable bonds is 4. The molecule has 4 heteroatoms. The maximum Gasteiger partial charge on any atom is 0.336 e. The summed E-state index contributed by atoms with van der Waals surface area (Å²) in [6.45, 7) is 3.64. The van der Waals surface area contributed by atoms with Gasteiger partial charge in [-0.05, 0) is 42.2 Å². The number of hydrogen-bond donors (Lipinski definition) is 2. The topological polar surface area (TPSA) is 74.6 Å². The summed E-state index contributed by atoms with van der Waals surface area (Å²) in [6, 6.07) is 10.3. The van der Waals surface area contributed by atoms with Crippen molar-refractivity contribution in [2.24, 2.45) is 0 Å². The van der Waals surface area contributed by atoms with Gasteiger partial charge in [0.25, 0.3) is 0 Å². The molecule has 2 rings (SSSR count). The Balaban J connectivity index is 2.88. The van der Waals surface area contributed by atoms with E-state index in [0.717, 1.165) is 5.56 Å². The molecule has 0 aliphatic carbocycles. The lowest BCUT2D eigenvalue weighted by Gasteiger charge is -2.15. The Bertz CT molecular complexity index is 681. The molecule has 0 atom stereocenters. The molecule has 0 saturated heterocycles. The van der Waals surface area contributed by atoms with Gasteiger partial charge in [-0.25, -0.2) is 9.59 Å². The summed E-state index contributed by atoms with van der Waals surface area (Å²) in [6.07, 6.45) is 0.697. The Kier molecular flexibility index (Phi) is 4.08. The Morgan fingerprint density at radius 1 is 1.00 bits per heavy atom. The molecule has 0 aliphatic rings. The van der Waals surface area contributed by atoms with E-state index in [1.165, 1.54) is 12.1 Å². The zero-order chi connectivity index (χ0) is 15.6. The summed E-state index contributed by atoms with van der Waals surface area (Å²) in [5, 5.41) is 18.9. The third-order valence-corrected chi connectivity index (χ3v) is 3.41. The molecule has 0 spiro atoms. The van der Waals surface area contributed by atoms with Crippen LogP contribution in [0.25, 0.3) is 11.1 Å². The van der Waals surface area contributed by atoms with E-state index in [1.54, 1.807) is 19.1 Å². The van der Waals surface area contributed by atoms with E-state index in [2.05, 4.69) is 0 Å². The molecule has 0 amide bonds. The van der Waals surface area contributed by atoms with Crippen LogP contribution in [0.2, 0.25) is 0 Å². The molecule has 0 aliphatic heterocycles. The lowest BCUT2D eigenvalue weighted by atomic mass is 9.89. The highest BCUT2D eigenvalue weighted by atomic mass is 16.4. The van der Waals surface area contributed by atoms with E-state index < -0.39 is 11.9 Å². The lowest BCUT2D eigenvalue weighted by molar-refractivity contribution is 0.0696. The van der Waals surface area contributed by atoms with E-state index in [0.29, 0.717) is 17.5 Å². The molecule has 0 radical (unpaired) electrons. The molecule has 2 N–H and O–H groups in total. The molecule has 2 aromatic rings. The standard InChI is InChI=1S/C17H16O4/c1-3-11-6-4-5-7-12(11)15-13(16(18)19)8-10(2)9-14(15)17(20)21/h4-9H,3H2,1-2H3,(H,18,19)(H,20,21). The fourth-order valence-electron chi connectivity index (χ4n) is 2.49. The molecule has 0 unspecified atom stereocenters. The number of aromatic carboxylic acids is 2. The molecular formula is C17H16O4. The van der Waals surface area contributed by atoms with Crippen LogP contribution in [-0.4, -0.2) is 22.2 Å². The fourth-order valence-corrected chi connectivity index (χ4v) is 2.49. The highest BCUT2D eigenvalue weighted by Crippen LogP contribution is 2.32. The van der Waals surface area contributed by atoms with Gasteiger partial charge >= 0.3 is 11.9 Å². The lowest BCUT2D eigenvalue weighted by Crippen LogP contribution is -2.09. The van der Waals surface area contributed by atoms with E-state index in [4.69, 9.17) is 0 Å². The second-order valence-electron chi connectivity index (χ2n) is 4.86. The van der Waals surface area contributed by atoms with Crippen molar-refractivity contribution >= 4 is 11.9 Å². The van der Waals surface area contributed by atoms with Gasteiger partial charge in [-0.3, -0.25) is 0 Å². The molecule has 0 aromatic heterocycles. The van der Waals surface area contributed by atoms with Gasteiger partial charge < -0.3 is 10.2 Å². The number of carboxylic acids is 2. The largest absolute Gasteiger partial charge is 0.478 e. The summed E-state index contributed by atoms with van der Waals surface area (Å²) in [7, 11) is 0. The smallest absolute Gasteiger partial charge is 0.336 e. The van der Waals surface area contributed by atoms with Gasteiger partial charge in [-0.2, -0.15) is 0 Å². The zero-order valence-electron chi connectivity index (χ0n) is 11.9. The summed E-state index contributed by atoms with van der Waals surface area (Å²) in [5.41, 5.74) is 2.52. The second kappa shape index (κ2) is 5.79. The molecule has 4 nitrogen and oxygen atoms in total. The number of carbonyl (C=O) groups is 2. The minimum Gasteiger partial charge on any atom is -0.478 e. The molecule has 0 fully saturated rings. The SMILES string of the molecule is CCc1ccccc1-c1c(C(=O)O)cc(C)cc1C(=O)O. The van der Waals surface area contributed by atoms with Crippen molar-refractivity contribution < 1.29 is 19.8 Å². The third kappa shape index (κ3) is 2.79. The summed E-state index contributed by atoms with van der Waals surface area (Å²) >= 11 is 0. The van der Waals surface area contributed by atoms with Crippen molar-refractivity contribution in [3.8, 4) is 11.1 Å². The highest BCUT2D eigenvalue weighted by molar-refractivity contribution is 6.05. The van der Waals surface area contributed by atoms with E-state index in [9.17, 15) is 19.8 Å².